The van der Waals surface area contributed by atoms with E-state index in [0.29, 0.717) is 18.6 Å². The van der Waals surface area contributed by atoms with E-state index in [4.69, 9.17) is 28.4 Å². The first-order chi connectivity index (χ1) is 20.7. The van der Waals surface area contributed by atoms with Gasteiger partial charge in [0.15, 0.2) is 5.60 Å². The van der Waals surface area contributed by atoms with Crippen LogP contribution in [0.1, 0.15) is 36.5 Å². The van der Waals surface area contributed by atoms with Crippen molar-refractivity contribution in [3.05, 3.63) is 35.9 Å². The van der Waals surface area contributed by atoms with Crippen molar-refractivity contribution in [2.45, 2.75) is 68.3 Å². The average molecular weight is 600 g/mol. The van der Waals surface area contributed by atoms with Crippen LogP contribution in [0.2, 0.25) is 0 Å². The van der Waals surface area contributed by atoms with Crippen molar-refractivity contribution in [2.24, 2.45) is 40.4 Å². The predicted molar refractivity (Wildman–Crippen MR) is 153 cm³/mol. The number of hydrogen-bond donors (Lipinski definition) is 1. The predicted octanol–water partition coefficient (Wildman–Crippen LogP) is 2.17. The molecule has 0 amide bonds. The number of aliphatic hydroxyl groups is 1. The molecule has 5 saturated carbocycles. The van der Waals surface area contributed by atoms with E-state index in [1.807, 2.05) is 18.2 Å². The maximum atomic E-state index is 13.7. The van der Waals surface area contributed by atoms with E-state index in [9.17, 15) is 14.7 Å². The molecule has 10 heteroatoms. The molecule has 1 saturated heterocycles. The lowest BCUT2D eigenvalue weighted by Crippen LogP contribution is -2.79. The molecule has 1 aliphatic heterocycles. The van der Waals surface area contributed by atoms with Crippen molar-refractivity contribution < 1.29 is 43.1 Å². The molecule has 1 spiro atoms. The van der Waals surface area contributed by atoms with Gasteiger partial charge in [-0.1, -0.05) is 18.2 Å². The summed E-state index contributed by atoms with van der Waals surface area (Å²) in [4.78, 5) is 29.2. The number of aliphatic hydroxyl groups excluding tert-OH is 1. The van der Waals surface area contributed by atoms with Crippen LogP contribution in [0, 0.1) is 40.4 Å². The molecule has 1 N–H and O–H groups in total. The van der Waals surface area contributed by atoms with Gasteiger partial charge in [0.1, 0.15) is 12.2 Å². The second-order valence-corrected chi connectivity index (χ2v) is 14.0. The number of esters is 2. The second kappa shape index (κ2) is 10.2. The van der Waals surface area contributed by atoms with Gasteiger partial charge in [-0.15, -0.1) is 0 Å². The third-order valence-electron chi connectivity index (χ3n) is 12.7. The Balaban J connectivity index is 1.48. The van der Waals surface area contributed by atoms with E-state index in [0.717, 1.165) is 19.4 Å². The molecular formula is C33H45NO9. The molecule has 1 aromatic rings. The highest BCUT2D eigenvalue weighted by molar-refractivity contribution is 5.89. The summed E-state index contributed by atoms with van der Waals surface area (Å²) in [5, 5.41) is 12.4. The summed E-state index contributed by atoms with van der Waals surface area (Å²) >= 11 is 0. The molecule has 7 bridgehead atoms. The third kappa shape index (κ3) is 3.51. The number of fused-ring (bicyclic) bond motifs is 2. The fraction of sp³-hybridized carbons (Fsp3) is 0.758. The van der Waals surface area contributed by atoms with Crippen molar-refractivity contribution in [1.29, 1.82) is 0 Å². The standard InChI is InChI=1S/C33H45NO9/c1-17(35)43-33-22-20(14-19(25(40-5)29(33)36)24(22)42-30(37)18-10-8-7-9-11-18)32-21(39-4)12-13-31(16-38-3)15-34(2)28(32)23(33)26(41-6)27(31)32/h7-11,19-29,36H,12-16H2,1-6H3/t19-,20-,21+,22+,23+,24+,25+,26+,27+,28+,29+,31-,32-,33-/m0/s1. The Morgan fingerprint density at radius 3 is 2.35 bits per heavy atom. The molecule has 5 aliphatic carbocycles. The summed E-state index contributed by atoms with van der Waals surface area (Å²) in [5.74, 6) is -2.18. The minimum atomic E-state index is -1.41. The second-order valence-electron chi connectivity index (χ2n) is 14.0. The van der Waals surface area contributed by atoms with Crippen LogP contribution in [0.25, 0.3) is 0 Å². The minimum Gasteiger partial charge on any atom is -0.458 e. The van der Waals surface area contributed by atoms with Gasteiger partial charge in [-0.3, -0.25) is 4.79 Å². The van der Waals surface area contributed by atoms with Gasteiger partial charge < -0.3 is 38.4 Å². The SMILES string of the molecule is COC[C@@]12CC[C@@H](OC)[C@@]34[C@@H]1[C@H](OC)[C@H]([C@H]3N(C)C2)[C@@]1(OC(C)=O)[C@H]2[C@H](OC(=O)c3ccccc3)[C@H](C[C@@H]24)[C@@H](OC)[C@H]1O. The van der Waals surface area contributed by atoms with Crippen LogP contribution in [-0.4, -0.2) is 113 Å². The van der Waals surface area contributed by atoms with E-state index >= 15 is 0 Å². The zero-order valence-corrected chi connectivity index (χ0v) is 25.9. The number of hydrogen-bond acceptors (Lipinski definition) is 10. The summed E-state index contributed by atoms with van der Waals surface area (Å²) in [5.41, 5.74) is -1.59. The number of carbonyl (C=O) groups is 2. The molecular weight excluding hydrogens is 554 g/mol. The zero-order chi connectivity index (χ0) is 30.5. The van der Waals surface area contributed by atoms with E-state index in [1.165, 1.54) is 6.92 Å². The van der Waals surface area contributed by atoms with Gasteiger partial charge in [0.2, 0.25) is 0 Å². The number of carbonyl (C=O) groups excluding carboxylic acids is 2. The highest BCUT2D eigenvalue weighted by atomic mass is 16.6. The number of ether oxygens (including phenoxy) is 6. The Bertz CT molecular complexity index is 1260. The molecule has 7 rings (SSSR count). The lowest BCUT2D eigenvalue weighted by atomic mass is 9.43. The highest BCUT2D eigenvalue weighted by Gasteiger charge is 2.89. The molecule has 1 heterocycles. The van der Waals surface area contributed by atoms with Crippen molar-refractivity contribution in [3.8, 4) is 0 Å². The molecule has 236 valence electrons. The van der Waals surface area contributed by atoms with E-state index in [1.54, 1.807) is 40.6 Å². The van der Waals surface area contributed by atoms with Crippen LogP contribution in [0.15, 0.2) is 30.3 Å². The molecule has 1 aromatic carbocycles. The van der Waals surface area contributed by atoms with Gasteiger partial charge in [-0.05, 0) is 44.4 Å². The summed E-state index contributed by atoms with van der Waals surface area (Å²) in [6.45, 7) is 2.76. The highest BCUT2D eigenvalue weighted by Crippen LogP contribution is 2.80. The molecule has 6 aliphatic rings. The van der Waals surface area contributed by atoms with Gasteiger partial charge in [0.05, 0.1) is 30.5 Å². The van der Waals surface area contributed by atoms with E-state index in [-0.39, 0.29) is 41.4 Å². The van der Waals surface area contributed by atoms with Crippen LogP contribution in [0.5, 0.6) is 0 Å². The molecule has 6 fully saturated rings. The summed E-state index contributed by atoms with van der Waals surface area (Å²) in [6, 6.07) is 8.85. The zero-order valence-electron chi connectivity index (χ0n) is 25.9. The average Bonchev–Trinajstić information content (AvgIpc) is 3.43. The van der Waals surface area contributed by atoms with Gasteiger partial charge in [-0.2, -0.15) is 0 Å². The Labute approximate surface area is 253 Å². The third-order valence-corrected chi connectivity index (χ3v) is 12.7. The van der Waals surface area contributed by atoms with Crippen molar-refractivity contribution in [2.75, 3.05) is 48.6 Å². The first kappa shape index (κ1) is 29.6. The molecule has 0 unspecified atom stereocenters. The Kier molecular flexibility index (Phi) is 7.04. The summed E-state index contributed by atoms with van der Waals surface area (Å²) in [7, 11) is 8.99. The molecule has 0 radical (unpaired) electrons. The van der Waals surface area contributed by atoms with Crippen molar-refractivity contribution >= 4 is 11.9 Å². The molecule has 0 aromatic heterocycles. The maximum Gasteiger partial charge on any atom is 0.338 e. The number of piperidine rings is 1. The van der Waals surface area contributed by atoms with Crippen LogP contribution in [0.3, 0.4) is 0 Å². The number of likely N-dealkylation sites (tertiary alicyclic amines) is 1. The van der Waals surface area contributed by atoms with Gasteiger partial charge in [-0.25, -0.2) is 4.79 Å². The molecule has 10 nitrogen and oxygen atoms in total. The number of benzene rings is 1. The number of nitrogens with zero attached hydrogens (tertiary/aromatic N) is 1. The lowest BCUT2D eigenvalue weighted by molar-refractivity contribution is -0.301. The molecule has 14 atom stereocenters. The normalized spacial score (nSPS) is 49.0. The first-order valence-corrected chi connectivity index (χ1v) is 15.6. The topological polar surface area (TPSA) is 113 Å². The van der Waals surface area contributed by atoms with Crippen molar-refractivity contribution in [3.63, 3.8) is 0 Å². The van der Waals surface area contributed by atoms with Crippen LogP contribution in [0.4, 0.5) is 0 Å². The van der Waals surface area contributed by atoms with Crippen LogP contribution < -0.4 is 0 Å². The quantitative estimate of drug-likeness (QED) is 0.446. The Morgan fingerprint density at radius 1 is 1.00 bits per heavy atom. The van der Waals surface area contributed by atoms with Crippen LogP contribution in [-0.2, 0) is 33.2 Å². The van der Waals surface area contributed by atoms with Gasteiger partial charge in [0, 0.05) is 82.5 Å². The Hall–Kier alpha value is -2.08. The van der Waals surface area contributed by atoms with Gasteiger partial charge >= 0.3 is 11.9 Å². The number of rotatable bonds is 8. The smallest absolute Gasteiger partial charge is 0.338 e. The van der Waals surface area contributed by atoms with Crippen LogP contribution >= 0.6 is 0 Å². The largest absolute Gasteiger partial charge is 0.458 e. The van der Waals surface area contributed by atoms with E-state index in [2.05, 4.69) is 11.9 Å². The summed E-state index contributed by atoms with van der Waals surface area (Å²) < 4.78 is 38.0. The maximum absolute atomic E-state index is 13.7. The minimum absolute atomic E-state index is 0.0234. The van der Waals surface area contributed by atoms with Crippen molar-refractivity contribution in [1.82, 2.24) is 4.90 Å². The van der Waals surface area contributed by atoms with E-state index < -0.39 is 53.1 Å². The summed E-state index contributed by atoms with van der Waals surface area (Å²) in [6.07, 6.45) is -0.523. The lowest BCUT2D eigenvalue weighted by Gasteiger charge is -2.69. The number of methoxy groups -OCH3 is 4. The fourth-order valence-corrected chi connectivity index (χ4v) is 12.2. The molecule has 43 heavy (non-hydrogen) atoms. The first-order valence-electron chi connectivity index (χ1n) is 15.6. The van der Waals surface area contributed by atoms with Gasteiger partial charge in [0.25, 0.3) is 0 Å². The Morgan fingerprint density at radius 2 is 1.72 bits per heavy atom. The fourth-order valence-electron chi connectivity index (χ4n) is 12.2. The monoisotopic (exact) mass is 599 g/mol.